The molecule has 2 nitrogen and oxygen atoms in total. The second-order valence-electron chi connectivity index (χ2n) is 3.23. The van der Waals surface area contributed by atoms with Crippen molar-refractivity contribution in [1.29, 1.82) is 0 Å². The summed E-state index contributed by atoms with van der Waals surface area (Å²) in [6, 6.07) is 6.81. The Morgan fingerprint density at radius 3 is 2.08 bits per heavy atom. The Bertz CT molecular complexity index is 313. The van der Waals surface area contributed by atoms with E-state index < -0.39 is 11.1 Å². The number of alkyl halides is 1. The Morgan fingerprint density at radius 1 is 1.31 bits per heavy atom. The molecule has 1 atom stereocenters. The molecule has 13 heavy (non-hydrogen) atoms. The van der Waals surface area contributed by atoms with Crippen LogP contribution in [0.15, 0.2) is 29.2 Å². The topological polar surface area (TPSA) is 40.1 Å². The van der Waals surface area contributed by atoms with Gasteiger partial charge in [-0.15, -0.1) is 0 Å². The third kappa shape index (κ3) is 2.90. The van der Waals surface area contributed by atoms with Gasteiger partial charge in [0, 0.05) is 9.22 Å². The lowest BCUT2D eigenvalue weighted by molar-refractivity contribution is 0.537. The van der Waals surface area contributed by atoms with Crippen LogP contribution in [-0.2, 0) is 15.4 Å². The highest BCUT2D eigenvalue weighted by Gasteiger charge is 2.14. The molecular formula is C9H10BrO2S-. The minimum atomic E-state index is -2.13. The first-order valence-electron chi connectivity index (χ1n) is 3.80. The van der Waals surface area contributed by atoms with Crippen LogP contribution >= 0.6 is 15.9 Å². The van der Waals surface area contributed by atoms with Crippen LogP contribution in [0.1, 0.15) is 19.4 Å². The number of hydrogen-bond donors (Lipinski definition) is 0. The monoisotopic (exact) mass is 261 g/mol. The molecule has 1 aromatic carbocycles. The molecule has 0 saturated heterocycles. The Morgan fingerprint density at radius 2 is 1.77 bits per heavy atom. The Labute approximate surface area is 88.8 Å². The van der Waals surface area contributed by atoms with Gasteiger partial charge in [-0.25, -0.2) is 0 Å². The maximum absolute atomic E-state index is 10.6. The van der Waals surface area contributed by atoms with Crippen LogP contribution in [0.4, 0.5) is 0 Å². The number of rotatable bonds is 2. The largest absolute Gasteiger partial charge is 0.768 e. The van der Waals surface area contributed by atoms with E-state index in [0.29, 0.717) is 4.90 Å². The summed E-state index contributed by atoms with van der Waals surface area (Å²) in [6.45, 7) is 4.02. The van der Waals surface area contributed by atoms with Crippen molar-refractivity contribution in [2.45, 2.75) is 23.1 Å². The minimum Gasteiger partial charge on any atom is -0.768 e. The highest BCUT2D eigenvalue weighted by Crippen LogP contribution is 2.29. The van der Waals surface area contributed by atoms with Crippen molar-refractivity contribution in [2.75, 3.05) is 0 Å². The Hall–Kier alpha value is -0.190. The summed E-state index contributed by atoms with van der Waals surface area (Å²) >= 11 is 1.36. The molecule has 0 spiro atoms. The molecule has 0 amide bonds. The molecule has 0 aliphatic heterocycles. The molecule has 1 aromatic rings. The zero-order valence-corrected chi connectivity index (χ0v) is 9.81. The lowest BCUT2D eigenvalue weighted by Gasteiger charge is -2.17. The van der Waals surface area contributed by atoms with E-state index in [2.05, 4.69) is 15.9 Å². The third-order valence-electron chi connectivity index (χ3n) is 1.73. The lowest BCUT2D eigenvalue weighted by Crippen LogP contribution is -2.06. The second kappa shape index (κ2) is 3.90. The van der Waals surface area contributed by atoms with Crippen molar-refractivity contribution in [1.82, 2.24) is 0 Å². The van der Waals surface area contributed by atoms with Gasteiger partial charge in [-0.2, -0.15) is 0 Å². The Kier molecular flexibility index (Phi) is 3.27. The van der Waals surface area contributed by atoms with Crippen molar-refractivity contribution in [3.63, 3.8) is 0 Å². The lowest BCUT2D eigenvalue weighted by atomic mass is 10.0. The first kappa shape index (κ1) is 10.9. The van der Waals surface area contributed by atoms with Crippen LogP contribution in [0.2, 0.25) is 0 Å². The molecule has 0 fully saturated rings. The van der Waals surface area contributed by atoms with Gasteiger partial charge in [0.05, 0.1) is 0 Å². The molecule has 1 rings (SSSR count). The van der Waals surface area contributed by atoms with E-state index in [9.17, 15) is 8.76 Å². The van der Waals surface area contributed by atoms with Crippen molar-refractivity contribution >= 4 is 27.0 Å². The molecule has 0 N–H and O–H groups in total. The summed E-state index contributed by atoms with van der Waals surface area (Å²) < 4.78 is 21.0. The zero-order valence-electron chi connectivity index (χ0n) is 7.41. The van der Waals surface area contributed by atoms with Gasteiger partial charge in [-0.3, -0.25) is 4.21 Å². The summed E-state index contributed by atoms with van der Waals surface area (Å²) in [5.74, 6) is 0. The van der Waals surface area contributed by atoms with E-state index in [1.807, 2.05) is 13.8 Å². The summed E-state index contributed by atoms with van der Waals surface area (Å²) in [5, 5.41) is 0. The first-order chi connectivity index (χ1) is 5.91. The van der Waals surface area contributed by atoms with Gasteiger partial charge in [-0.1, -0.05) is 28.1 Å². The van der Waals surface area contributed by atoms with Gasteiger partial charge < -0.3 is 4.55 Å². The van der Waals surface area contributed by atoms with Gasteiger partial charge in [0.25, 0.3) is 0 Å². The van der Waals surface area contributed by atoms with E-state index in [1.54, 1.807) is 24.3 Å². The van der Waals surface area contributed by atoms with Gasteiger partial charge in [0.1, 0.15) is 0 Å². The smallest absolute Gasteiger partial charge is 0.0449 e. The molecule has 0 aliphatic carbocycles. The molecule has 0 radical (unpaired) electrons. The molecular weight excluding hydrogens is 252 g/mol. The van der Waals surface area contributed by atoms with Crippen molar-refractivity contribution in [3.8, 4) is 0 Å². The maximum atomic E-state index is 10.6. The summed E-state index contributed by atoms with van der Waals surface area (Å²) in [4.78, 5) is 0.320. The fraction of sp³-hybridized carbons (Fsp3) is 0.333. The summed E-state index contributed by atoms with van der Waals surface area (Å²) in [6.07, 6.45) is 0. The standard InChI is InChI=1S/C9H11BrO2S/c1-9(2,10)7-3-5-8(6-4-7)13(11)12/h3-6H,1-2H3,(H,11,12)/p-1. The summed E-state index contributed by atoms with van der Waals surface area (Å²) in [7, 11) is 0. The zero-order chi connectivity index (χ0) is 10.1. The Balaban J connectivity index is 3.01. The van der Waals surface area contributed by atoms with Crippen LogP contribution in [0.3, 0.4) is 0 Å². The van der Waals surface area contributed by atoms with Crippen molar-refractivity contribution in [3.05, 3.63) is 29.8 Å². The fourth-order valence-corrected chi connectivity index (χ4v) is 1.59. The second-order valence-corrected chi connectivity index (χ2v) is 6.15. The number of hydrogen-bond acceptors (Lipinski definition) is 2. The first-order valence-corrected chi connectivity index (χ1v) is 5.67. The maximum Gasteiger partial charge on any atom is 0.0449 e. The van der Waals surface area contributed by atoms with E-state index in [0.717, 1.165) is 5.56 Å². The molecule has 0 saturated carbocycles. The SMILES string of the molecule is CC(C)(Br)c1ccc(S(=O)[O-])cc1. The van der Waals surface area contributed by atoms with Gasteiger partial charge in [0.2, 0.25) is 0 Å². The molecule has 0 aliphatic rings. The molecule has 1 unspecified atom stereocenters. The van der Waals surface area contributed by atoms with Crippen molar-refractivity contribution in [2.24, 2.45) is 0 Å². The molecule has 0 heterocycles. The molecule has 4 heteroatoms. The van der Waals surface area contributed by atoms with E-state index in [1.165, 1.54) is 0 Å². The van der Waals surface area contributed by atoms with Crippen LogP contribution in [0.25, 0.3) is 0 Å². The average molecular weight is 262 g/mol. The average Bonchev–Trinajstić information content (AvgIpc) is 2.03. The molecule has 0 aromatic heterocycles. The minimum absolute atomic E-state index is 0.115. The van der Waals surface area contributed by atoms with E-state index in [4.69, 9.17) is 0 Å². The number of halogens is 1. The van der Waals surface area contributed by atoms with E-state index >= 15 is 0 Å². The fourth-order valence-electron chi connectivity index (χ4n) is 0.962. The van der Waals surface area contributed by atoms with Crippen molar-refractivity contribution < 1.29 is 8.76 Å². The van der Waals surface area contributed by atoms with Gasteiger partial charge >= 0.3 is 0 Å². The van der Waals surface area contributed by atoms with E-state index in [-0.39, 0.29) is 4.32 Å². The number of benzene rings is 1. The highest BCUT2D eigenvalue weighted by atomic mass is 79.9. The van der Waals surface area contributed by atoms with Gasteiger partial charge in [0.15, 0.2) is 0 Å². The third-order valence-corrected chi connectivity index (χ3v) is 2.85. The van der Waals surface area contributed by atoms with Gasteiger partial charge in [-0.05, 0) is 42.6 Å². The summed E-state index contributed by atoms with van der Waals surface area (Å²) in [5.41, 5.74) is 1.06. The predicted molar refractivity (Wildman–Crippen MR) is 55.6 cm³/mol. The molecule has 0 bridgehead atoms. The quantitative estimate of drug-likeness (QED) is 0.607. The molecule has 72 valence electrons. The van der Waals surface area contributed by atoms with Crippen LogP contribution in [0.5, 0.6) is 0 Å². The van der Waals surface area contributed by atoms with Crippen LogP contribution in [-0.4, -0.2) is 8.76 Å². The highest BCUT2D eigenvalue weighted by molar-refractivity contribution is 9.09. The predicted octanol–water partition coefficient (Wildman–Crippen LogP) is 2.55. The van der Waals surface area contributed by atoms with Crippen LogP contribution in [0, 0.1) is 0 Å². The normalized spacial score (nSPS) is 14.2. The van der Waals surface area contributed by atoms with Crippen LogP contribution < -0.4 is 0 Å².